The van der Waals surface area contributed by atoms with Gasteiger partial charge in [-0.3, -0.25) is 0 Å². The molecule has 3 N–H and O–H groups in total. The highest BCUT2D eigenvalue weighted by Gasteiger charge is 2.25. The maximum absolute atomic E-state index is 9.71. The predicted molar refractivity (Wildman–Crippen MR) is 152 cm³/mol. The highest BCUT2D eigenvalue weighted by molar-refractivity contribution is 5.67. The van der Waals surface area contributed by atoms with Crippen molar-refractivity contribution in [1.29, 1.82) is 5.26 Å². The first-order valence-corrected chi connectivity index (χ1v) is 13.0. The zero-order valence-electron chi connectivity index (χ0n) is 22.2. The second kappa shape index (κ2) is 12.8. The predicted octanol–water partition coefficient (Wildman–Crippen LogP) is 6.98. The largest absolute Gasteiger partial charge is 0.405 e. The number of fused-ring (bicyclic) bond motifs is 1. The van der Waals surface area contributed by atoms with Crippen LogP contribution in [0.15, 0.2) is 85.4 Å². The number of benzene rings is 2. The van der Waals surface area contributed by atoms with E-state index in [1.165, 1.54) is 34.0 Å². The molecule has 2 aliphatic heterocycles. The van der Waals surface area contributed by atoms with Crippen LogP contribution in [0.4, 0.5) is 0 Å². The van der Waals surface area contributed by atoms with Crippen molar-refractivity contribution in [3.05, 3.63) is 113 Å². The zero-order chi connectivity index (χ0) is 26.1. The van der Waals surface area contributed by atoms with Crippen LogP contribution in [-0.2, 0) is 12.8 Å². The molecule has 4 rings (SSSR count). The molecule has 2 heterocycles. The number of nitrogens with two attached hydrogens (primary N) is 1. The van der Waals surface area contributed by atoms with Gasteiger partial charge in [-0.2, -0.15) is 5.26 Å². The van der Waals surface area contributed by atoms with E-state index in [1.54, 1.807) is 0 Å². The molecule has 0 saturated heterocycles. The summed E-state index contributed by atoms with van der Waals surface area (Å²) in [4.78, 5) is 2.23. The van der Waals surface area contributed by atoms with E-state index in [0.29, 0.717) is 11.8 Å². The molecule has 2 atom stereocenters. The van der Waals surface area contributed by atoms with Gasteiger partial charge in [-0.05, 0) is 84.2 Å². The Balaban J connectivity index is 0.00000115. The molecule has 188 valence electrons. The van der Waals surface area contributed by atoms with E-state index in [-0.39, 0.29) is 6.17 Å². The van der Waals surface area contributed by atoms with Gasteiger partial charge < -0.3 is 16.0 Å². The highest BCUT2D eigenvalue weighted by Crippen LogP contribution is 2.30. The molecule has 1 unspecified atom stereocenters. The van der Waals surface area contributed by atoms with E-state index < -0.39 is 0 Å². The lowest BCUT2D eigenvalue weighted by Gasteiger charge is -2.25. The van der Waals surface area contributed by atoms with E-state index in [2.05, 4.69) is 123 Å². The molecular weight excluding hydrogens is 440 g/mol. The van der Waals surface area contributed by atoms with Crippen molar-refractivity contribution in [3.8, 4) is 6.07 Å². The Morgan fingerprint density at radius 1 is 1.17 bits per heavy atom. The average Bonchev–Trinajstić information content (AvgIpc) is 3.30. The molecule has 0 fully saturated rings. The van der Waals surface area contributed by atoms with Crippen molar-refractivity contribution in [2.75, 3.05) is 0 Å². The van der Waals surface area contributed by atoms with Crippen molar-refractivity contribution in [2.45, 2.75) is 65.5 Å². The molecule has 0 spiro atoms. The van der Waals surface area contributed by atoms with Crippen LogP contribution in [0.25, 0.3) is 5.70 Å². The average molecular weight is 481 g/mol. The molecule has 0 aliphatic carbocycles. The van der Waals surface area contributed by atoms with E-state index in [9.17, 15) is 5.26 Å². The van der Waals surface area contributed by atoms with Crippen LogP contribution in [0.3, 0.4) is 0 Å². The summed E-state index contributed by atoms with van der Waals surface area (Å²) < 4.78 is 0. The van der Waals surface area contributed by atoms with Gasteiger partial charge in [0.15, 0.2) is 0 Å². The second-order valence-corrected chi connectivity index (χ2v) is 10.0. The van der Waals surface area contributed by atoms with Gasteiger partial charge in [0.2, 0.25) is 0 Å². The first-order valence-electron chi connectivity index (χ1n) is 13.0. The minimum Gasteiger partial charge on any atom is -0.405 e. The fraction of sp³-hybridized carbons (Fsp3) is 0.344. The van der Waals surface area contributed by atoms with Crippen molar-refractivity contribution in [2.24, 2.45) is 11.7 Å². The van der Waals surface area contributed by atoms with E-state index in [0.717, 1.165) is 36.9 Å². The van der Waals surface area contributed by atoms with Crippen LogP contribution in [-0.4, -0.2) is 11.1 Å². The Bertz CT molecular complexity index is 1160. The Labute approximate surface area is 217 Å². The first-order chi connectivity index (χ1) is 17.4. The lowest BCUT2D eigenvalue weighted by molar-refractivity contribution is 0.408. The Morgan fingerprint density at radius 3 is 2.50 bits per heavy atom. The normalized spacial score (nSPS) is 16.7. The standard InChI is InChI=1S/C30H35N3.C2H5N/c1-5-7-25(27-14-13-26(16-21(2)3)28(18-27)19-31)17-23-9-11-24(12-10-23)29-20-33-15-6-8-22(4)30(33)32-29;1-2-3/h6,8-15,18,20-21,25,30,32H,5,7,16-17H2,1-4H3;2H,1,3H2/t25-,30?;/m1./s1. The number of nitrogens with zero attached hydrogens (tertiary/aromatic N) is 2. The summed E-state index contributed by atoms with van der Waals surface area (Å²) in [5.74, 6) is 0.978. The summed E-state index contributed by atoms with van der Waals surface area (Å²) in [6.45, 7) is 12.0. The lowest BCUT2D eigenvalue weighted by atomic mass is 9.86. The number of allylic oxidation sites excluding steroid dienone is 2. The van der Waals surface area contributed by atoms with Crippen LogP contribution in [0.2, 0.25) is 0 Å². The fourth-order valence-corrected chi connectivity index (χ4v) is 4.91. The van der Waals surface area contributed by atoms with Crippen LogP contribution in [0.5, 0.6) is 0 Å². The minimum absolute atomic E-state index is 0.228. The summed E-state index contributed by atoms with van der Waals surface area (Å²) in [5, 5.41) is 13.3. The Kier molecular flexibility index (Phi) is 9.59. The molecule has 0 amide bonds. The van der Waals surface area contributed by atoms with Crippen molar-refractivity contribution >= 4 is 5.70 Å². The third-order valence-electron chi connectivity index (χ3n) is 6.66. The van der Waals surface area contributed by atoms with Gasteiger partial charge >= 0.3 is 0 Å². The molecule has 36 heavy (non-hydrogen) atoms. The van der Waals surface area contributed by atoms with Gasteiger partial charge in [-0.15, -0.1) is 0 Å². The monoisotopic (exact) mass is 480 g/mol. The van der Waals surface area contributed by atoms with Crippen molar-refractivity contribution in [3.63, 3.8) is 0 Å². The number of nitrogens with one attached hydrogen (secondary N) is 1. The van der Waals surface area contributed by atoms with Crippen LogP contribution in [0, 0.1) is 17.2 Å². The molecule has 2 aliphatic rings. The molecule has 4 heteroatoms. The third-order valence-corrected chi connectivity index (χ3v) is 6.66. The van der Waals surface area contributed by atoms with Gasteiger partial charge in [0.25, 0.3) is 0 Å². The van der Waals surface area contributed by atoms with Crippen LogP contribution >= 0.6 is 0 Å². The topological polar surface area (TPSA) is 65.1 Å². The number of rotatable bonds is 8. The number of hydrogen-bond acceptors (Lipinski definition) is 4. The van der Waals surface area contributed by atoms with Gasteiger partial charge in [-0.25, -0.2) is 0 Å². The maximum atomic E-state index is 9.71. The molecule has 0 saturated carbocycles. The fourth-order valence-electron chi connectivity index (χ4n) is 4.91. The smallest absolute Gasteiger partial charge is 0.125 e. The second-order valence-electron chi connectivity index (χ2n) is 10.0. The maximum Gasteiger partial charge on any atom is 0.125 e. The van der Waals surface area contributed by atoms with Gasteiger partial charge in [0, 0.05) is 12.4 Å². The third kappa shape index (κ3) is 6.70. The highest BCUT2D eigenvalue weighted by atomic mass is 15.3. The van der Waals surface area contributed by atoms with Gasteiger partial charge in [-0.1, -0.05) is 76.2 Å². The molecule has 0 radical (unpaired) electrons. The van der Waals surface area contributed by atoms with Crippen LogP contribution in [0.1, 0.15) is 74.3 Å². The molecular formula is C32H40N4. The number of nitriles is 1. The summed E-state index contributed by atoms with van der Waals surface area (Å²) in [7, 11) is 0. The zero-order valence-corrected chi connectivity index (χ0v) is 22.2. The van der Waals surface area contributed by atoms with Crippen molar-refractivity contribution in [1.82, 2.24) is 10.2 Å². The van der Waals surface area contributed by atoms with E-state index in [4.69, 9.17) is 0 Å². The minimum atomic E-state index is 0.228. The first kappa shape index (κ1) is 26.9. The molecule has 2 aromatic carbocycles. The Hall–Kier alpha value is -3.71. The lowest BCUT2D eigenvalue weighted by Crippen LogP contribution is -2.35. The summed E-state index contributed by atoms with van der Waals surface area (Å²) in [6.07, 6.45) is 14.2. The van der Waals surface area contributed by atoms with Crippen molar-refractivity contribution < 1.29 is 0 Å². The number of hydrogen-bond donors (Lipinski definition) is 2. The summed E-state index contributed by atoms with van der Waals surface area (Å²) in [6, 6.07) is 18.0. The summed E-state index contributed by atoms with van der Waals surface area (Å²) in [5.41, 5.74) is 12.9. The van der Waals surface area contributed by atoms with E-state index in [1.807, 2.05) is 0 Å². The summed E-state index contributed by atoms with van der Waals surface area (Å²) >= 11 is 0. The van der Waals surface area contributed by atoms with Gasteiger partial charge in [0.1, 0.15) is 6.17 Å². The molecule has 2 aromatic rings. The van der Waals surface area contributed by atoms with Crippen LogP contribution < -0.4 is 11.1 Å². The Morgan fingerprint density at radius 2 is 1.89 bits per heavy atom. The molecule has 0 aromatic heterocycles. The van der Waals surface area contributed by atoms with E-state index >= 15 is 0 Å². The SMILES string of the molecule is C=CN.CCC[C@H](Cc1ccc(C2=CN3C=CC=C(C)C3N2)cc1)c1ccc(CC(C)C)c(C#N)c1. The van der Waals surface area contributed by atoms with Gasteiger partial charge in [0.05, 0.1) is 17.3 Å². The molecule has 4 nitrogen and oxygen atoms in total. The quantitative estimate of drug-likeness (QED) is 0.428. The molecule has 0 bridgehead atoms.